The van der Waals surface area contributed by atoms with Crippen LogP contribution in [-0.2, 0) is 17.6 Å². The van der Waals surface area contributed by atoms with E-state index in [0.29, 0.717) is 22.7 Å². The minimum absolute atomic E-state index is 0.0733. The second-order valence-corrected chi connectivity index (χ2v) is 8.57. The van der Waals surface area contributed by atoms with Gasteiger partial charge in [-0.05, 0) is 56.2 Å². The normalized spacial score (nSPS) is 14.2. The highest BCUT2D eigenvalue weighted by atomic mass is 32.2. The molecule has 0 aliphatic heterocycles. The zero-order chi connectivity index (χ0) is 21.7. The van der Waals surface area contributed by atoms with Crippen molar-refractivity contribution in [2.45, 2.75) is 62.6 Å². The Morgan fingerprint density at radius 2 is 2.10 bits per heavy atom. The van der Waals surface area contributed by atoms with E-state index in [0.717, 1.165) is 48.9 Å². The predicted octanol–water partition coefficient (Wildman–Crippen LogP) is 4.95. The summed E-state index contributed by atoms with van der Waals surface area (Å²) in [5.74, 6) is -0.258. The molecule has 1 heterocycles. The molecular weight excluding hydrogens is 400 g/mol. The molecule has 0 fully saturated rings. The maximum atomic E-state index is 12.9. The van der Waals surface area contributed by atoms with Crippen LogP contribution in [0.5, 0.6) is 0 Å². The highest BCUT2D eigenvalue weighted by Gasteiger charge is 2.23. The highest BCUT2D eigenvalue weighted by Crippen LogP contribution is 2.32. The van der Waals surface area contributed by atoms with Crippen molar-refractivity contribution >= 4 is 29.0 Å². The van der Waals surface area contributed by atoms with Crippen LogP contribution in [0.2, 0.25) is 0 Å². The van der Waals surface area contributed by atoms with Crippen LogP contribution in [0.1, 0.15) is 55.0 Å². The van der Waals surface area contributed by atoms with E-state index in [1.165, 1.54) is 23.9 Å². The number of nitrogens with one attached hydrogen (secondary N) is 1. The first kappa shape index (κ1) is 21.8. The summed E-state index contributed by atoms with van der Waals surface area (Å²) in [4.78, 5) is 28.2. The molecule has 1 aliphatic carbocycles. The van der Waals surface area contributed by atoms with Crippen molar-refractivity contribution in [2.75, 3.05) is 5.32 Å². The van der Waals surface area contributed by atoms with Gasteiger partial charge in [0.25, 0.3) is 5.69 Å². The fourth-order valence-corrected chi connectivity index (χ4v) is 4.49. The van der Waals surface area contributed by atoms with E-state index in [1.54, 1.807) is 13.0 Å². The summed E-state index contributed by atoms with van der Waals surface area (Å²) in [6, 6.07) is 8.54. The Morgan fingerprint density at radius 3 is 2.80 bits per heavy atom. The molecule has 0 bridgehead atoms. The van der Waals surface area contributed by atoms with E-state index < -0.39 is 10.2 Å². The molecule has 2 aromatic rings. The van der Waals surface area contributed by atoms with E-state index in [2.05, 4.69) is 11.4 Å². The maximum absolute atomic E-state index is 12.9. The number of benzene rings is 1. The lowest BCUT2D eigenvalue weighted by Gasteiger charge is -2.17. The fraction of sp³-hybridized carbons (Fsp3) is 0.409. The first-order chi connectivity index (χ1) is 14.4. The minimum Gasteiger partial charge on any atom is -0.325 e. The number of aromatic nitrogens is 1. The third-order valence-corrected chi connectivity index (χ3v) is 6.61. The Labute approximate surface area is 180 Å². The summed E-state index contributed by atoms with van der Waals surface area (Å²) in [6.07, 6.45) is 5.71. The van der Waals surface area contributed by atoms with Gasteiger partial charge in [-0.1, -0.05) is 31.2 Å². The van der Waals surface area contributed by atoms with Gasteiger partial charge in [0.15, 0.2) is 0 Å². The molecule has 1 atom stereocenters. The average Bonchev–Trinajstić information content (AvgIpc) is 2.97. The van der Waals surface area contributed by atoms with E-state index in [4.69, 9.17) is 4.98 Å². The van der Waals surface area contributed by atoms with Crippen molar-refractivity contribution in [1.29, 1.82) is 5.26 Å². The molecule has 0 saturated carbocycles. The van der Waals surface area contributed by atoms with E-state index in [9.17, 15) is 20.2 Å². The number of nitro benzene ring substituents is 1. The van der Waals surface area contributed by atoms with Gasteiger partial charge in [0.1, 0.15) is 11.1 Å². The number of thioether (sulfide) groups is 1. The summed E-state index contributed by atoms with van der Waals surface area (Å²) in [6.45, 7) is 3.68. The number of rotatable bonds is 6. The summed E-state index contributed by atoms with van der Waals surface area (Å²) in [5, 5.41) is 23.6. The third kappa shape index (κ3) is 4.97. The Morgan fingerprint density at radius 1 is 1.33 bits per heavy atom. The van der Waals surface area contributed by atoms with Gasteiger partial charge in [0.2, 0.25) is 5.91 Å². The number of anilines is 1. The van der Waals surface area contributed by atoms with Crippen LogP contribution in [-0.4, -0.2) is 21.1 Å². The topological polar surface area (TPSA) is 109 Å². The molecule has 1 unspecified atom stereocenters. The first-order valence-electron chi connectivity index (χ1n) is 10.1. The van der Waals surface area contributed by atoms with Gasteiger partial charge < -0.3 is 5.32 Å². The molecule has 1 aromatic carbocycles. The van der Waals surface area contributed by atoms with Gasteiger partial charge in [0, 0.05) is 17.8 Å². The van der Waals surface area contributed by atoms with Crippen LogP contribution in [0.3, 0.4) is 0 Å². The summed E-state index contributed by atoms with van der Waals surface area (Å²) >= 11 is 1.28. The van der Waals surface area contributed by atoms with Crippen LogP contribution in [0.4, 0.5) is 11.4 Å². The van der Waals surface area contributed by atoms with Crippen molar-refractivity contribution in [3.8, 4) is 6.07 Å². The zero-order valence-electron chi connectivity index (χ0n) is 17.1. The Bertz CT molecular complexity index is 1020. The van der Waals surface area contributed by atoms with Gasteiger partial charge in [-0.25, -0.2) is 4.98 Å². The number of nitriles is 1. The Hall–Kier alpha value is -2.92. The van der Waals surface area contributed by atoms with Gasteiger partial charge in [-0.2, -0.15) is 5.26 Å². The summed E-state index contributed by atoms with van der Waals surface area (Å²) < 4.78 is 0. The molecule has 30 heavy (non-hydrogen) atoms. The lowest BCUT2D eigenvalue weighted by molar-refractivity contribution is -0.384. The predicted molar refractivity (Wildman–Crippen MR) is 117 cm³/mol. The molecule has 0 saturated heterocycles. The van der Waals surface area contributed by atoms with E-state index in [1.807, 2.05) is 13.0 Å². The Balaban J connectivity index is 1.82. The molecule has 1 N–H and O–H groups in total. The SMILES string of the molecule is CCC(Sc1nc2c(cc1C#N)CCCCC2)C(=O)Nc1cc([N+](=O)[O-])ccc1C. The Kier molecular flexibility index (Phi) is 7.06. The number of carbonyl (C=O) groups excluding carboxylic acids is 1. The largest absolute Gasteiger partial charge is 0.325 e. The van der Waals surface area contributed by atoms with E-state index >= 15 is 0 Å². The number of nitrogens with zero attached hydrogens (tertiary/aromatic N) is 3. The molecule has 1 amide bonds. The van der Waals surface area contributed by atoms with Crippen molar-refractivity contribution < 1.29 is 9.72 Å². The van der Waals surface area contributed by atoms with Crippen LogP contribution in [0, 0.1) is 28.4 Å². The third-order valence-electron chi connectivity index (χ3n) is 5.24. The zero-order valence-corrected chi connectivity index (χ0v) is 17.9. The summed E-state index contributed by atoms with van der Waals surface area (Å²) in [5.41, 5.74) is 3.75. The maximum Gasteiger partial charge on any atom is 0.271 e. The van der Waals surface area contributed by atoms with Crippen LogP contribution in [0.25, 0.3) is 0 Å². The lowest BCUT2D eigenvalue weighted by Crippen LogP contribution is -2.25. The van der Waals surface area contributed by atoms with Crippen molar-refractivity contribution in [2.24, 2.45) is 0 Å². The van der Waals surface area contributed by atoms with Crippen LogP contribution in [0.15, 0.2) is 29.3 Å². The second-order valence-electron chi connectivity index (χ2n) is 7.38. The fourth-order valence-electron chi connectivity index (χ4n) is 3.49. The molecule has 0 spiro atoms. The number of carbonyl (C=O) groups is 1. The van der Waals surface area contributed by atoms with E-state index in [-0.39, 0.29) is 11.6 Å². The molecular formula is C22H24N4O3S. The molecule has 8 heteroatoms. The van der Waals surface area contributed by atoms with Crippen molar-refractivity contribution in [3.63, 3.8) is 0 Å². The number of amides is 1. The lowest BCUT2D eigenvalue weighted by atomic mass is 10.1. The number of nitro groups is 1. The monoisotopic (exact) mass is 424 g/mol. The molecule has 0 radical (unpaired) electrons. The number of hydrogen-bond acceptors (Lipinski definition) is 6. The van der Waals surface area contributed by atoms with Crippen LogP contribution < -0.4 is 5.32 Å². The number of aryl methyl sites for hydroxylation is 3. The number of hydrogen-bond donors (Lipinski definition) is 1. The molecule has 1 aliphatic rings. The van der Waals surface area contributed by atoms with Gasteiger partial charge in [-0.15, -0.1) is 0 Å². The highest BCUT2D eigenvalue weighted by molar-refractivity contribution is 8.00. The van der Waals surface area contributed by atoms with Gasteiger partial charge >= 0.3 is 0 Å². The van der Waals surface area contributed by atoms with Gasteiger partial charge in [0.05, 0.1) is 21.4 Å². The number of non-ortho nitro benzene ring substituents is 1. The smallest absolute Gasteiger partial charge is 0.271 e. The average molecular weight is 425 g/mol. The minimum atomic E-state index is -0.486. The molecule has 3 rings (SSSR count). The van der Waals surface area contributed by atoms with Gasteiger partial charge in [-0.3, -0.25) is 14.9 Å². The molecule has 7 nitrogen and oxygen atoms in total. The van der Waals surface area contributed by atoms with Crippen molar-refractivity contribution in [3.05, 3.63) is 56.8 Å². The van der Waals surface area contributed by atoms with Crippen molar-refractivity contribution in [1.82, 2.24) is 4.98 Å². The molecule has 156 valence electrons. The first-order valence-corrected chi connectivity index (χ1v) is 11.0. The second kappa shape index (κ2) is 9.72. The quantitative estimate of drug-likeness (QED) is 0.304. The molecule has 1 aromatic heterocycles. The summed E-state index contributed by atoms with van der Waals surface area (Å²) in [7, 11) is 0. The standard InChI is InChI=1S/C22H24N4O3S/c1-3-20(21(27)24-19-12-17(26(28)29)10-9-14(19)2)30-22-16(13-23)11-15-7-5-4-6-8-18(15)25-22/h9-12,20H,3-8H2,1-2H3,(H,24,27). The van der Waals surface area contributed by atoms with Crippen LogP contribution >= 0.6 is 11.8 Å². The number of fused-ring (bicyclic) bond motifs is 1. The number of pyridine rings is 1.